The van der Waals surface area contributed by atoms with Gasteiger partial charge in [0.15, 0.2) is 0 Å². The quantitative estimate of drug-likeness (QED) is 0.672. The molecule has 1 aromatic heterocycles. The maximum atomic E-state index is 13.3. The molecule has 2 heterocycles. The maximum Gasteiger partial charge on any atom is 0.268 e. The zero-order chi connectivity index (χ0) is 22.7. The van der Waals surface area contributed by atoms with E-state index in [0.29, 0.717) is 5.69 Å². The topological polar surface area (TPSA) is 99.0 Å². The summed E-state index contributed by atoms with van der Waals surface area (Å²) < 4.78 is 1.90. The number of aryl methyl sites for hydroxylation is 1. The summed E-state index contributed by atoms with van der Waals surface area (Å²) in [5.74, 6) is -0.466. The van der Waals surface area contributed by atoms with Crippen LogP contribution in [0.4, 0.5) is 0 Å². The lowest BCUT2D eigenvalue weighted by Gasteiger charge is -2.38. The maximum absolute atomic E-state index is 13.3. The number of nitriles is 1. The SMILES string of the molecule is Cn1c(C(=O)N[C@H]2CCCC[C@H]2C(=O)NC(C)(C#N)C2CCNCC2)cc2ccccc21. The molecule has 0 radical (unpaired) electrons. The molecular formula is C25H33N5O2. The Labute approximate surface area is 189 Å². The molecule has 1 aliphatic carbocycles. The van der Waals surface area contributed by atoms with Gasteiger partial charge in [-0.15, -0.1) is 0 Å². The number of hydrogen-bond donors (Lipinski definition) is 3. The molecule has 7 heteroatoms. The lowest BCUT2D eigenvalue weighted by molar-refractivity contribution is -0.128. The molecule has 1 aliphatic heterocycles. The Kier molecular flexibility index (Phi) is 6.52. The van der Waals surface area contributed by atoms with Crippen LogP contribution in [-0.2, 0) is 11.8 Å². The van der Waals surface area contributed by atoms with Crippen molar-refractivity contribution in [2.45, 2.75) is 57.0 Å². The number of rotatable bonds is 5. The van der Waals surface area contributed by atoms with Crippen molar-refractivity contribution in [3.63, 3.8) is 0 Å². The highest BCUT2D eigenvalue weighted by Crippen LogP contribution is 2.29. The summed E-state index contributed by atoms with van der Waals surface area (Å²) in [6, 6.07) is 11.9. The molecule has 1 aromatic carbocycles. The van der Waals surface area contributed by atoms with Gasteiger partial charge in [0, 0.05) is 24.0 Å². The minimum atomic E-state index is -0.888. The zero-order valence-corrected chi connectivity index (χ0v) is 19.0. The molecule has 32 heavy (non-hydrogen) atoms. The van der Waals surface area contributed by atoms with E-state index in [9.17, 15) is 14.9 Å². The summed E-state index contributed by atoms with van der Waals surface area (Å²) in [5.41, 5.74) is 0.705. The fourth-order valence-electron chi connectivity index (χ4n) is 5.34. The van der Waals surface area contributed by atoms with Crippen molar-refractivity contribution in [1.82, 2.24) is 20.5 Å². The smallest absolute Gasteiger partial charge is 0.268 e. The largest absolute Gasteiger partial charge is 0.347 e. The van der Waals surface area contributed by atoms with Crippen molar-refractivity contribution in [1.29, 1.82) is 5.26 Å². The normalized spacial score (nSPS) is 23.8. The van der Waals surface area contributed by atoms with Gasteiger partial charge in [-0.25, -0.2) is 0 Å². The van der Waals surface area contributed by atoms with E-state index in [1.54, 1.807) is 0 Å². The first-order valence-electron chi connectivity index (χ1n) is 11.7. The van der Waals surface area contributed by atoms with Gasteiger partial charge in [0.25, 0.3) is 5.91 Å². The molecule has 2 aromatic rings. The molecule has 1 unspecified atom stereocenters. The molecule has 0 bridgehead atoms. The number of carbonyl (C=O) groups is 2. The van der Waals surface area contributed by atoms with Crippen LogP contribution in [0.25, 0.3) is 10.9 Å². The van der Waals surface area contributed by atoms with E-state index in [1.165, 1.54) is 0 Å². The molecule has 3 atom stereocenters. The molecule has 2 fully saturated rings. The van der Waals surface area contributed by atoms with Crippen LogP contribution < -0.4 is 16.0 Å². The molecule has 2 amide bonds. The summed E-state index contributed by atoms with van der Waals surface area (Å²) in [5, 5.41) is 20.4. The van der Waals surface area contributed by atoms with Crippen molar-refractivity contribution >= 4 is 22.7 Å². The van der Waals surface area contributed by atoms with Crippen molar-refractivity contribution < 1.29 is 9.59 Å². The number of carbonyl (C=O) groups excluding carboxylic acids is 2. The predicted octanol–water partition coefficient (Wildman–Crippen LogP) is 2.86. The Morgan fingerprint density at radius 1 is 1.16 bits per heavy atom. The fraction of sp³-hybridized carbons (Fsp3) is 0.560. The summed E-state index contributed by atoms with van der Waals surface area (Å²) in [4.78, 5) is 26.5. The van der Waals surface area contributed by atoms with Crippen LogP contribution in [0, 0.1) is 23.2 Å². The Balaban J connectivity index is 1.48. The van der Waals surface area contributed by atoms with Crippen molar-refractivity contribution in [2.75, 3.05) is 13.1 Å². The third-order valence-electron chi connectivity index (χ3n) is 7.37. The van der Waals surface area contributed by atoms with Crippen LogP contribution in [0.3, 0.4) is 0 Å². The number of aromatic nitrogens is 1. The van der Waals surface area contributed by atoms with E-state index >= 15 is 0 Å². The fourth-order valence-corrected chi connectivity index (χ4v) is 5.34. The van der Waals surface area contributed by atoms with E-state index in [2.05, 4.69) is 22.0 Å². The number of nitrogens with one attached hydrogen (secondary N) is 3. The van der Waals surface area contributed by atoms with Gasteiger partial charge in [-0.2, -0.15) is 5.26 Å². The van der Waals surface area contributed by atoms with Gasteiger partial charge in [-0.3, -0.25) is 9.59 Å². The first-order chi connectivity index (χ1) is 15.4. The second kappa shape index (κ2) is 9.33. The Morgan fingerprint density at radius 2 is 1.88 bits per heavy atom. The van der Waals surface area contributed by atoms with Crippen molar-refractivity contribution in [3.8, 4) is 6.07 Å². The molecule has 170 valence electrons. The van der Waals surface area contributed by atoms with E-state index < -0.39 is 5.54 Å². The first kappa shape index (κ1) is 22.3. The van der Waals surface area contributed by atoms with E-state index in [0.717, 1.165) is 62.5 Å². The second-order valence-corrected chi connectivity index (χ2v) is 9.45. The number of hydrogen-bond acceptors (Lipinski definition) is 4. The average Bonchev–Trinajstić information content (AvgIpc) is 3.16. The molecule has 4 rings (SSSR count). The van der Waals surface area contributed by atoms with Gasteiger partial charge in [0.2, 0.25) is 5.91 Å². The molecule has 2 aliphatic rings. The number of piperidine rings is 1. The number of fused-ring (bicyclic) bond motifs is 1. The van der Waals surface area contributed by atoms with E-state index in [-0.39, 0.29) is 29.7 Å². The molecule has 3 N–H and O–H groups in total. The highest BCUT2D eigenvalue weighted by Gasteiger charge is 2.40. The highest BCUT2D eigenvalue weighted by molar-refractivity contribution is 5.99. The van der Waals surface area contributed by atoms with Crippen LogP contribution >= 0.6 is 0 Å². The minimum absolute atomic E-state index is 0.116. The number of para-hydroxylation sites is 1. The van der Waals surface area contributed by atoms with E-state index in [4.69, 9.17) is 0 Å². The highest BCUT2D eigenvalue weighted by atomic mass is 16.2. The first-order valence-corrected chi connectivity index (χ1v) is 11.7. The average molecular weight is 436 g/mol. The number of nitrogens with zero attached hydrogens (tertiary/aromatic N) is 2. The lowest BCUT2D eigenvalue weighted by Crippen LogP contribution is -2.57. The summed E-state index contributed by atoms with van der Waals surface area (Å²) >= 11 is 0. The Bertz CT molecular complexity index is 1030. The summed E-state index contributed by atoms with van der Waals surface area (Å²) in [7, 11) is 1.89. The second-order valence-electron chi connectivity index (χ2n) is 9.45. The van der Waals surface area contributed by atoms with Crippen LogP contribution in [0.1, 0.15) is 55.9 Å². The van der Waals surface area contributed by atoms with Gasteiger partial charge in [0.05, 0.1) is 12.0 Å². The standard InChI is InChI=1S/C25H33N5O2/c1-25(16-26,18-11-13-27-14-12-18)29-23(31)19-8-4-5-9-20(19)28-24(32)22-15-17-7-3-6-10-21(17)30(22)2/h3,6-7,10,15,18-20,27H,4-5,8-9,11-14H2,1-2H3,(H,28,32)(H,29,31)/t19-,20+,25?/m1/s1. The monoisotopic (exact) mass is 435 g/mol. The van der Waals surface area contributed by atoms with Gasteiger partial charge in [-0.1, -0.05) is 31.0 Å². The van der Waals surface area contributed by atoms with Crippen LogP contribution in [-0.4, -0.2) is 41.1 Å². The van der Waals surface area contributed by atoms with Crippen LogP contribution in [0.15, 0.2) is 30.3 Å². The molecule has 1 saturated heterocycles. The van der Waals surface area contributed by atoms with Gasteiger partial charge in [0.1, 0.15) is 11.2 Å². The third-order valence-corrected chi connectivity index (χ3v) is 7.37. The Morgan fingerprint density at radius 3 is 2.59 bits per heavy atom. The summed E-state index contributed by atoms with van der Waals surface area (Å²) in [6.45, 7) is 3.57. The Hall–Kier alpha value is -2.85. The zero-order valence-electron chi connectivity index (χ0n) is 19.0. The van der Waals surface area contributed by atoms with Gasteiger partial charge >= 0.3 is 0 Å². The molecule has 7 nitrogen and oxygen atoms in total. The van der Waals surface area contributed by atoms with Gasteiger partial charge in [-0.05, 0) is 63.7 Å². The lowest BCUT2D eigenvalue weighted by atomic mass is 9.78. The van der Waals surface area contributed by atoms with Crippen LogP contribution in [0.5, 0.6) is 0 Å². The van der Waals surface area contributed by atoms with Crippen molar-refractivity contribution in [2.24, 2.45) is 18.9 Å². The van der Waals surface area contributed by atoms with Crippen LogP contribution in [0.2, 0.25) is 0 Å². The molecule has 1 saturated carbocycles. The van der Waals surface area contributed by atoms with E-state index in [1.807, 2.05) is 48.9 Å². The van der Waals surface area contributed by atoms with Gasteiger partial charge < -0.3 is 20.5 Å². The van der Waals surface area contributed by atoms with Crippen molar-refractivity contribution in [3.05, 3.63) is 36.0 Å². The number of benzene rings is 1. The molecular weight excluding hydrogens is 402 g/mol. The predicted molar refractivity (Wildman–Crippen MR) is 124 cm³/mol. The minimum Gasteiger partial charge on any atom is -0.347 e. The molecule has 0 spiro atoms. The summed E-state index contributed by atoms with van der Waals surface area (Å²) in [6.07, 6.45) is 5.17. The number of amides is 2. The third kappa shape index (κ3) is 4.37.